The maximum absolute atomic E-state index is 9.41. The zero-order chi connectivity index (χ0) is 22.2. The summed E-state index contributed by atoms with van der Waals surface area (Å²) in [4.78, 5) is 0. The number of nitrogens with zero attached hydrogens (tertiary/aromatic N) is 2. The van der Waals surface area contributed by atoms with Gasteiger partial charge >= 0.3 is 0 Å². The van der Waals surface area contributed by atoms with Crippen LogP contribution in [-0.4, -0.2) is 6.04 Å². The first-order chi connectivity index (χ1) is 15.0. The van der Waals surface area contributed by atoms with Crippen LogP contribution >= 0.6 is 11.6 Å². The Bertz CT molecular complexity index is 1080. The molecule has 0 bridgehead atoms. The van der Waals surface area contributed by atoms with Crippen molar-refractivity contribution in [3.8, 4) is 12.1 Å². The van der Waals surface area contributed by atoms with Crippen LogP contribution in [0.15, 0.2) is 72.8 Å². The predicted octanol–water partition coefficient (Wildman–Crippen LogP) is 6.48. The lowest BCUT2D eigenvalue weighted by Crippen LogP contribution is -2.36. The van der Waals surface area contributed by atoms with Crippen molar-refractivity contribution in [1.82, 2.24) is 5.32 Å². The summed E-state index contributed by atoms with van der Waals surface area (Å²) < 4.78 is 0. The van der Waals surface area contributed by atoms with Crippen LogP contribution in [0.2, 0.25) is 5.02 Å². The fraction of sp³-hybridized carbons (Fsp3) is 0.259. The van der Waals surface area contributed by atoms with E-state index in [1.165, 1.54) is 11.1 Å². The quantitative estimate of drug-likeness (QED) is 0.447. The highest BCUT2D eigenvalue weighted by Crippen LogP contribution is 2.29. The van der Waals surface area contributed by atoms with Crippen LogP contribution in [0.1, 0.15) is 53.1 Å². The fourth-order valence-electron chi connectivity index (χ4n) is 3.89. The maximum Gasteiger partial charge on any atom is 0.0991 e. The summed E-state index contributed by atoms with van der Waals surface area (Å²) in [6, 6.07) is 28.6. The van der Waals surface area contributed by atoms with Gasteiger partial charge in [-0.25, -0.2) is 0 Å². The van der Waals surface area contributed by atoms with Crippen molar-refractivity contribution >= 4 is 11.6 Å². The second-order valence-electron chi connectivity index (χ2n) is 7.96. The fourth-order valence-corrected chi connectivity index (χ4v) is 4.02. The van der Waals surface area contributed by atoms with E-state index in [4.69, 9.17) is 11.6 Å². The second kappa shape index (κ2) is 10.8. The normalized spacial score (nSPS) is 13.6. The third-order valence-electron chi connectivity index (χ3n) is 5.66. The Labute approximate surface area is 189 Å². The zero-order valence-corrected chi connectivity index (χ0v) is 18.6. The first-order valence-electron chi connectivity index (χ1n) is 10.4. The van der Waals surface area contributed by atoms with Gasteiger partial charge in [-0.2, -0.15) is 10.5 Å². The monoisotopic (exact) mass is 427 g/mol. The lowest BCUT2D eigenvalue weighted by atomic mass is 9.85. The molecule has 0 heterocycles. The molecule has 0 radical (unpaired) electrons. The molecular formula is C27H26ClN3. The molecule has 0 aromatic heterocycles. The summed E-state index contributed by atoms with van der Waals surface area (Å²) >= 11 is 6.07. The number of benzene rings is 3. The van der Waals surface area contributed by atoms with Crippen molar-refractivity contribution in [1.29, 1.82) is 10.5 Å². The van der Waals surface area contributed by atoms with Crippen LogP contribution in [0.4, 0.5) is 0 Å². The van der Waals surface area contributed by atoms with Gasteiger partial charge in [-0.15, -0.1) is 0 Å². The number of nitrogens with one attached hydrogen (secondary N) is 1. The van der Waals surface area contributed by atoms with E-state index in [9.17, 15) is 10.5 Å². The number of nitriles is 2. The van der Waals surface area contributed by atoms with Gasteiger partial charge < -0.3 is 5.32 Å². The highest BCUT2D eigenvalue weighted by molar-refractivity contribution is 6.30. The largest absolute Gasteiger partial charge is 0.306 e. The first-order valence-corrected chi connectivity index (χ1v) is 10.8. The summed E-state index contributed by atoms with van der Waals surface area (Å²) in [7, 11) is 0. The number of aryl methyl sites for hydroxylation is 1. The molecule has 0 saturated carbocycles. The van der Waals surface area contributed by atoms with Gasteiger partial charge in [0.15, 0.2) is 0 Å². The molecule has 1 N–H and O–H groups in total. The average Bonchev–Trinajstić information content (AvgIpc) is 2.79. The molecular weight excluding hydrogens is 402 g/mol. The van der Waals surface area contributed by atoms with Crippen molar-refractivity contribution in [2.24, 2.45) is 0 Å². The molecule has 3 atom stereocenters. The molecule has 0 fully saturated rings. The topological polar surface area (TPSA) is 59.6 Å². The highest BCUT2D eigenvalue weighted by atomic mass is 35.5. The number of rotatable bonds is 8. The van der Waals surface area contributed by atoms with Crippen LogP contribution in [-0.2, 0) is 6.42 Å². The Morgan fingerprint density at radius 2 is 1.65 bits per heavy atom. The lowest BCUT2D eigenvalue weighted by Gasteiger charge is -2.30. The van der Waals surface area contributed by atoms with E-state index in [-0.39, 0.29) is 18.0 Å². The number of halogens is 1. The summed E-state index contributed by atoms with van der Waals surface area (Å²) in [5.74, 6) is 0.126. The summed E-state index contributed by atoms with van der Waals surface area (Å²) in [5, 5.41) is 23.2. The van der Waals surface area contributed by atoms with Crippen molar-refractivity contribution in [3.05, 3.63) is 106 Å². The summed E-state index contributed by atoms with van der Waals surface area (Å²) in [5.41, 5.74) is 5.24. The van der Waals surface area contributed by atoms with Crippen LogP contribution in [0.25, 0.3) is 0 Å². The third kappa shape index (κ3) is 6.19. The Morgan fingerprint density at radius 1 is 0.935 bits per heavy atom. The first kappa shape index (κ1) is 22.6. The molecule has 0 aliphatic carbocycles. The van der Waals surface area contributed by atoms with Crippen LogP contribution in [0, 0.1) is 29.6 Å². The molecule has 0 aliphatic rings. The van der Waals surface area contributed by atoms with E-state index >= 15 is 0 Å². The molecule has 31 heavy (non-hydrogen) atoms. The molecule has 4 heteroatoms. The van der Waals surface area contributed by atoms with Crippen molar-refractivity contribution < 1.29 is 0 Å². The standard InChI is InChI=1S/C27H26ClN3/c1-19-6-10-23(11-7-19)27(14-15-29)31-20(2)26(17-21-8-12-25(28)13-9-21)24-5-3-4-22(16-24)18-30/h3-13,16,20,26-27,31H,14,17H2,1-2H3/t20-,26+,27?/m0/s1. The lowest BCUT2D eigenvalue weighted by molar-refractivity contribution is 0.401. The van der Waals surface area contributed by atoms with E-state index < -0.39 is 0 Å². The Kier molecular flexibility index (Phi) is 7.85. The van der Waals surface area contributed by atoms with Gasteiger partial charge in [0.2, 0.25) is 0 Å². The Morgan fingerprint density at radius 3 is 2.29 bits per heavy atom. The van der Waals surface area contributed by atoms with E-state index in [1.807, 2.05) is 42.5 Å². The van der Waals surface area contributed by atoms with Crippen molar-refractivity contribution in [2.45, 2.75) is 44.7 Å². The molecule has 0 saturated heterocycles. The number of hydrogen-bond donors (Lipinski definition) is 1. The van der Waals surface area contributed by atoms with Crippen LogP contribution in [0.5, 0.6) is 0 Å². The minimum absolute atomic E-state index is 0.0625. The molecule has 0 spiro atoms. The summed E-state index contributed by atoms with van der Waals surface area (Å²) in [6.07, 6.45) is 1.19. The Hall–Kier alpha value is -3.11. The molecule has 156 valence electrons. The highest BCUT2D eigenvalue weighted by Gasteiger charge is 2.24. The molecule has 1 unspecified atom stereocenters. The van der Waals surface area contributed by atoms with Gasteiger partial charge in [0.25, 0.3) is 0 Å². The minimum Gasteiger partial charge on any atom is -0.306 e. The molecule has 3 aromatic carbocycles. The van der Waals surface area contributed by atoms with Crippen molar-refractivity contribution in [2.75, 3.05) is 0 Å². The van der Waals surface area contributed by atoms with Crippen molar-refractivity contribution in [3.63, 3.8) is 0 Å². The second-order valence-corrected chi connectivity index (χ2v) is 8.39. The SMILES string of the molecule is Cc1ccc(C(CC#N)N[C@@H](C)[C@@H](Cc2ccc(Cl)cc2)c2cccc(C#N)c2)cc1. The molecule has 0 amide bonds. The van der Waals surface area contributed by atoms with Gasteiger partial charge in [-0.3, -0.25) is 0 Å². The van der Waals surface area contributed by atoms with E-state index in [0.717, 1.165) is 17.5 Å². The van der Waals surface area contributed by atoms with Gasteiger partial charge in [0.1, 0.15) is 0 Å². The smallest absolute Gasteiger partial charge is 0.0991 e. The predicted molar refractivity (Wildman–Crippen MR) is 126 cm³/mol. The van der Waals surface area contributed by atoms with Gasteiger partial charge in [-0.1, -0.05) is 65.7 Å². The molecule has 3 rings (SSSR count). The van der Waals surface area contributed by atoms with Crippen LogP contribution < -0.4 is 5.32 Å². The van der Waals surface area contributed by atoms with Gasteiger partial charge in [0.05, 0.1) is 24.1 Å². The van der Waals surface area contributed by atoms with E-state index in [1.54, 1.807) is 0 Å². The third-order valence-corrected chi connectivity index (χ3v) is 5.91. The average molecular weight is 428 g/mol. The van der Waals surface area contributed by atoms with Gasteiger partial charge in [-0.05, 0) is 61.2 Å². The molecule has 3 aromatic rings. The van der Waals surface area contributed by atoms with E-state index in [0.29, 0.717) is 17.0 Å². The maximum atomic E-state index is 9.41. The van der Waals surface area contributed by atoms with E-state index in [2.05, 4.69) is 61.6 Å². The number of hydrogen-bond acceptors (Lipinski definition) is 3. The Balaban J connectivity index is 1.90. The van der Waals surface area contributed by atoms with Crippen LogP contribution in [0.3, 0.4) is 0 Å². The molecule has 3 nitrogen and oxygen atoms in total. The molecule has 0 aliphatic heterocycles. The zero-order valence-electron chi connectivity index (χ0n) is 17.8. The summed E-state index contributed by atoms with van der Waals surface area (Å²) in [6.45, 7) is 4.21. The minimum atomic E-state index is -0.0625. The van der Waals surface area contributed by atoms with Gasteiger partial charge in [0, 0.05) is 23.0 Å².